The summed E-state index contributed by atoms with van der Waals surface area (Å²) < 4.78 is 95.4. The molecule has 0 radical (unpaired) electrons. The molecule has 3 rings (SSSR count). The topological polar surface area (TPSA) is 55.4 Å². The summed E-state index contributed by atoms with van der Waals surface area (Å²) in [5.41, 5.74) is 1.50. The molecule has 0 aliphatic carbocycles. The van der Waals surface area contributed by atoms with Gasteiger partial charge in [0.2, 0.25) is 34.8 Å². The lowest BCUT2D eigenvalue weighted by Crippen LogP contribution is -2.14. The molecule has 0 aliphatic rings. The Bertz CT molecular complexity index is 1110. The van der Waals surface area contributed by atoms with Crippen LogP contribution in [0.5, 0.6) is 5.75 Å². The molecule has 3 aromatic rings. The second kappa shape index (κ2) is 8.08. The van der Waals surface area contributed by atoms with E-state index in [1.165, 1.54) is 12.1 Å². The quantitative estimate of drug-likeness (QED) is 0.266. The number of halogens is 5. The zero-order valence-electron chi connectivity index (χ0n) is 14.4. The third-order valence-corrected chi connectivity index (χ3v) is 5.08. The molecule has 0 fully saturated rings. The molecule has 0 aliphatic heterocycles. The molecule has 0 amide bonds. The normalized spacial score (nSPS) is 11.3. The summed E-state index contributed by atoms with van der Waals surface area (Å²) in [6.45, 7) is 0.350. The molecule has 0 spiro atoms. The molecular weight excluding hydrogens is 417 g/mol. The second-order valence-corrected chi connectivity index (χ2v) is 7.35. The Hall–Kier alpha value is -3.14. The first-order chi connectivity index (χ1) is 13.7. The van der Waals surface area contributed by atoms with Gasteiger partial charge in [-0.25, -0.2) is 13.2 Å². The lowest BCUT2D eigenvalue weighted by Gasteiger charge is -2.11. The Morgan fingerprint density at radius 2 is 1.24 bits per heavy atom. The fraction of sp³-hybridized carbons (Fsp3) is 0.0526. The van der Waals surface area contributed by atoms with E-state index in [1.807, 2.05) is 30.3 Å². The lowest BCUT2D eigenvalue weighted by atomic mass is 10.2. The highest BCUT2D eigenvalue weighted by atomic mass is 32.2. The molecule has 29 heavy (non-hydrogen) atoms. The van der Waals surface area contributed by atoms with Crippen LogP contribution < -0.4 is 9.50 Å². The Balaban J connectivity index is 1.80. The van der Waals surface area contributed by atoms with Gasteiger partial charge in [0.15, 0.2) is 0 Å². The maximum atomic E-state index is 13.7. The number of hydrogen-bond acceptors (Lipinski definition) is 4. The summed E-state index contributed by atoms with van der Waals surface area (Å²) in [6.07, 6.45) is 0. The van der Waals surface area contributed by atoms with Gasteiger partial charge in [-0.2, -0.15) is 17.2 Å². The predicted molar refractivity (Wildman–Crippen MR) is 94.3 cm³/mol. The summed E-state index contributed by atoms with van der Waals surface area (Å²) in [6, 6.07) is 14.1. The zero-order valence-corrected chi connectivity index (χ0v) is 15.2. The van der Waals surface area contributed by atoms with E-state index < -0.39 is 49.8 Å². The Labute approximate surface area is 162 Å². The molecule has 0 atom stereocenters. The van der Waals surface area contributed by atoms with Gasteiger partial charge in [0.1, 0.15) is 4.90 Å². The smallest absolute Gasteiger partial charge is 0.339 e. The maximum absolute atomic E-state index is 13.7. The number of anilines is 1. The molecule has 0 bridgehead atoms. The summed E-state index contributed by atoms with van der Waals surface area (Å²) in [4.78, 5) is -0.523. The summed E-state index contributed by atoms with van der Waals surface area (Å²) in [5.74, 6) is -13.7. The predicted octanol–water partition coefficient (Wildman–Crippen LogP) is 4.76. The first kappa shape index (κ1) is 20.6. The van der Waals surface area contributed by atoms with Gasteiger partial charge in [0, 0.05) is 12.2 Å². The minimum Gasteiger partial charge on any atom is -0.381 e. The first-order valence-corrected chi connectivity index (χ1v) is 9.45. The monoisotopic (exact) mass is 429 g/mol. The van der Waals surface area contributed by atoms with E-state index in [0.29, 0.717) is 12.1 Å². The van der Waals surface area contributed by atoms with Crippen LogP contribution in [0.15, 0.2) is 59.5 Å². The highest BCUT2D eigenvalue weighted by Gasteiger charge is 2.30. The Morgan fingerprint density at radius 3 is 1.79 bits per heavy atom. The number of benzene rings is 3. The Morgan fingerprint density at radius 1 is 0.724 bits per heavy atom. The third kappa shape index (κ3) is 4.32. The molecule has 10 heteroatoms. The average Bonchev–Trinajstić information content (AvgIpc) is 2.73. The fourth-order valence-corrected chi connectivity index (χ4v) is 3.28. The molecule has 0 heterocycles. The van der Waals surface area contributed by atoms with E-state index >= 15 is 0 Å². The molecule has 0 saturated heterocycles. The fourth-order valence-electron chi connectivity index (χ4n) is 2.35. The molecule has 4 nitrogen and oxygen atoms in total. The van der Waals surface area contributed by atoms with Crippen molar-refractivity contribution in [2.24, 2.45) is 0 Å². The molecule has 0 aromatic heterocycles. The van der Waals surface area contributed by atoms with Crippen molar-refractivity contribution in [1.82, 2.24) is 0 Å². The van der Waals surface area contributed by atoms with E-state index in [1.54, 1.807) is 0 Å². The number of hydrogen-bond donors (Lipinski definition) is 1. The lowest BCUT2D eigenvalue weighted by molar-refractivity contribution is 0.346. The summed E-state index contributed by atoms with van der Waals surface area (Å²) in [7, 11) is -4.84. The van der Waals surface area contributed by atoms with Crippen LogP contribution in [0.25, 0.3) is 0 Å². The van der Waals surface area contributed by atoms with Gasteiger partial charge in [-0.1, -0.05) is 30.3 Å². The standard InChI is InChI=1S/C19H12F5NO3S/c20-14-15(21)17(23)19(18(24)16(14)22)28-29(26,27)13-8-6-11(7-9-13)10-25-12-4-2-1-3-5-12/h1-9,25H,10H2. The van der Waals surface area contributed by atoms with Gasteiger partial charge in [0.05, 0.1) is 0 Å². The summed E-state index contributed by atoms with van der Waals surface area (Å²) in [5, 5.41) is 3.09. The van der Waals surface area contributed by atoms with Crippen LogP contribution in [0, 0.1) is 29.1 Å². The van der Waals surface area contributed by atoms with E-state index in [2.05, 4.69) is 9.50 Å². The molecule has 1 N–H and O–H groups in total. The van der Waals surface area contributed by atoms with Gasteiger partial charge >= 0.3 is 10.1 Å². The second-order valence-electron chi connectivity index (χ2n) is 5.80. The number of rotatable bonds is 6. The molecular formula is C19H12F5NO3S. The third-order valence-electron chi connectivity index (χ3n) is 3.85. The van der Waals surface area contributed by atoms with Crippen LogP contribution in [-0.4, -0.2) is 8.42 Å². The van der Waals surface area contributed by atoms with Crippen molar-refractivity contribution in [3.05, 3.63) is 89.2 Å². The first-order valence-electron chi connectivity index (χ1n) is 8.04. The number of para-hydroxylation sites is 1. The minimum absolute atomic E-state index is 0.350. The SMILES string of the molecule is O=S(=O)(Oc1c(F)c(F)c(F)c(F)c1F)c1ccc(CNc2ccccc2)cc1. The van der Waals surface area contributed by atoms with Gasteiger partial charge in [0.25, 0.3) is 0 Å². The van der Waals surface area contributed by atoms with E-state index in [0.717, 1.165) is 17.8 Å². The van der Waals surface area contributed by atoms with Crippen LogP contribution in [0.2, 0.25) is 0 Å². The molecule has 152 valence electrons. The maximum Gasteiger partial charge on any atom is 0.339 e. The van der Waals surface area contributed by atoms with Crippen LogP contribution in [0.4, 0.5) is 27.6 Å². The van der Waals surface area contributed by atoms with Crippen molar-refractivity contribution in [1.29, 1.82) is 0 Å². The van der Waals surface area contributed by atoms with Crippen LogP contribution in [0.3, 0.4) is 0 Å². The van der Waals surface area contributed by atoms with E-state index in [9.17, 15) is 30.4 Å². The highest BCUT2D eigenvalue weighted by molar-refractivity contribution is 7.87. The van der Waals surface area contributed by atoms with Crippen molar-refractivity contribution >= 4 is 15.8 Å². The van der Waals surface area contributed by atoms with Crippen molar-refractivity contribution in [2.75, 3.05) is 5.32 Å². The van der Waals surface area contributed by atoms with Crippen molar-refractivity contribution in [3.63, 3.8) is 0 Å². The average molecular weight is 429 g/mol. The summed E-state index contributed by atoms with van der Waals surface area (Å²) >= 11 is 0. The van der Waals surface area contributed by atoms with Crippen LogP contribution in [0.1, 0.15) is 5.56 Å². The number of nitrogens with one attached hydrogen (secondary N) is 1. The van der Waals surface area contributed by atoms with Gasteiger partial charge < -0.3 is 9.50 Å². The van der Waals surface area contributed by atoms with E-state index in [4.69, 9.17) is 0 Å². The van der Waals surface area contributed by atoms with Crippen LogP contribution >= 0.6 is 0 Å². The Kier molecular flexibility index (Phi) is 5.73. The van der Waals surface area contributed by atoms with Gasteiger partial charge in [-0.05, 0) is 29.8 Å². The van der Waals surface area contributed by atoms with Crippen LogP contribution in [-0.2, 0) is 16.7 Å². The van der Waals surface area contributed by atoms with Crippen molar-refractivity contribution < 1.29 is 34.6 Å². The molecule has 3 aromatic carbocycles. The largest absolute Gasteiger partial charge is 0.381 e. The zero-order chi connectivity index (χ0) is 21.2. The minimum atomic E-state index is -4.84. The van der Waals surface area contributed by atoms with Crippen molar-refractivity contribution in [3.8, 4) is 5.75 Å². The van der Waals surface area contributed by atoms with Gasteiger partial charge in [-0.15, -0.1) is 0 Å². The van der Waals surface area contributed by atoms with Gasteiger partial charge in [-0.3, -0.25) is 0 Å². The highest BCUT2D eigenvalue weighted by Crippen LogP contribution is 2.31. The molecule has 0 saturated carbocycles. The molecule has 0 unspecified atom stereocenters. The van der Waals surface area contributed by atoms with E-state index in [-0.39, 0.29) is 0 Å². The van der Waals surface area contributed by atoms with Crippen molar-refractivity contribution in [2.45, 2.75) is 11.4 Å².